The smallest absolute Gasteiger partial charge is 0.148 e. The summed E-state index contributed by atoms with van der Waals surface area (Å²) in [7, 11) is 0. The molecule has 0 saturated carbocycles. The molecule has 66 heavy (non-hydrogen) atoms. The minimum atomic E-state index is -0.182. The van der Waals surface area contributed by atoms with E-state index >= 15 is 0 Å². The maximum Gasteiger partial charge on any atom is 0.148 e. The Morgan fingerprint density at radius 3 is 1.76 bits per heavy atom. The van der Waals surface area contributed by atoms with Gasteiger partial charge in [0.1, 0.15) is 11.6 Å². The molecule has 0 fully saturated rings. The van der Waals surface area contributed by atoms with Crippen LogP contribution in [0.4, 0.5) is 0 Å². The second-order valence-electron chi connectivity index (χ2n) is 23.5. The fourth-order valence-corrected chi connectivity index (χ4v) is 8.93. The molecule has 0 aliphatic rings. The number of rotatable bonds is 5. The maximum absolute atomic E-state index is 12.6. The molecule has 8 aromatic rings. The first-order valence-electron chi connectivity index (χ1n) is 23.3. The van der Waals surface area contributed by atoms with Crippen LogP contribution < -0.4 is 0 Å². The van der Waals surface area contributed by atoms with Crippen molar-refractivity contribution in [1.29, 1.82) is 0 Å². The minimum Gasteiger partial charge on any atom is -0.507 e. The molecular weight excluding hydrogens is 986 g/mol. The minimum absolute atomic E-state index is 0. The zero-order valence-corrected chi connectivity index (χ0v) is 44.3. The molecule has 0 amide bonds. The summed E-state index contributed by atoms with van der Waals surface area (Å²) >= 11 is 0. The number of aromatic nitrogens is 3. The number of fused-ring (bicyclic) bond motifs is 2. The van der Waals surface area contributed by atoms with Crippen molar-refractivity contribution in [3.05, 3.63) is 155 Å². The third kappa shape index (κ3) is 9.46. The number of hydrogen-bond acceptors (Lipinski definition) is 3. The molecule has 0 unspecified atom stereocenters. The summed E-state index contributed by atoms with van der Waals surface area (Å²) in [4.78, 5) is 10.4. The number of nitrogens with zero attached hydrogens (tertiary/aromatic N) is 3. The van der Waals surface area contributed by atoms with Crippen LogP contribution in [0.3, 0.4) is 0 Å². The van der Waals surface area contributed by atoms with Crippen LogP contribution in [0.1, 0.15) is 137 Å². The van der Waals surface area contributed by atoms with Crippen LogP contribution in [0.25, 0.3) is 72.4 Å². The number of pyridine rings is 1. The van der Waals surface area contributed by atoms with E-state index < -0.39 is 0 Å². The SMILES string of the molecule is Cc1ccnc(-c2[c-]c(-c3cc(C(C)(C)C)cc4c3nc(-c3ccc(-c5c(C(C)(C)C)ccc6cc(C(C)(C)C)ccc56)cc3O)n4-c3cc(C(C)(C)C)cc(C(C)(C)C)c3)ccc2)c1.[Pt]. The van der Waals surface area contributed by atoms with Crippen molar-refractivity contribution < 1.29 is 26.2 Å². The molecule has 344 valence electrons. The molecule has 0 aliphatic carbocycles. The predicted molar refractivity (Wildman–Crippen MR) is 277 cm³/mol. The maximum atomic E-state index is 12.6. The summed E-state index contributed by atoms with van der Waals surface area (Å²) in [5.41, 5.74) is 16.2. The Balaban J connectivity index is 0.00000648. The van der Waals surface area contributed by atoms with E-state index in [0.717, 1.165) is 55.8 Å². The molecular formula is C61H68N3OPt-. The van der Waals surface area contributed by atoms with E-state index in [1.807, 2.05) is 18.3 Å². The number of benzene rings is 6. The summed E-state index contributed by atoms with van der Waals surface area (Å²) in [6, 6.07) is 43.4. The third-order valence-electron chi connectivity index (χ3n) is 13.0. The van der Waals surface area contributed by atoms with Crippen LogP contribution in [0.5, 0.6) is 5.75 Å². The third-order valence-corrected chi connectivity index (χ3v) is 13.0. The Bertz CT molecular complexity index is 3100. The Morgan fingerprint density at radius 1 is 0.545 bits per heavy atom. The fraction of sp³-hybridized carbons (Fsp3) is 0.344. The van der Waals surface area contributed by atoms with Crippen LogP contribution in [0, 0.1) is 13.0 Å². The van der Waals surface area contributed by atoms with Gasteiger partial charge in [0.2, 0.25) is 0 Å². The Hall–Kier alpha value is -5.31. The quantitative estimate of drug-likeness (QED) is 0.175. The Labute approximate surface area is 409 Å². The van der Waals surface area contributed by atoms with Crippen LogP contribution in [0.15, 0.2) is 115 Å². The van der Waals surface area contributed by atoms with Gasteiger partial charge in [-0.15, -0.1) is 29.8 Å². The van der Waals surface area contributed by atoms with E-state index in [4.69, 9.17) is 9.97 Å². The van der Waals surface area contributed by atoms with E-state index in [0.29, 0.717) is 11.4 Å². The first-order valence-corrected chi connectivity index (χ1v) is 23.3. The molecule has 0 radical (unpaired) electrons. The van der Waals surface area contributed by atoms with E-state index in [9.17, 15) is 5.11 Å². The molecule has 6 aromatic carbocycles. The van der Waals surface area contributed by atoms with Crippen molar-refractivity contribution in [1.82, 2.24) is 14.5 Å². The monoisotopic (exact) mass is 1050 g/mol. The summed E-state index contributed by atoms with van der Waals surface area (Å²) < 4.78 is 2.30. The molecule has 2 aromatic heterocycles. The molecule has 4 nitrogen and oxygen atoms in total. The number of imidazole rings is 1. The van der Waals surface area contributed by atoms with E-state index in [2.05, 4.69) is 218 Å². The molecule has 0 bridgehead atoms. The second kappa shape index (κ2) is 17.1. The zero-order chi connectivity index (χ0) is 47.2. The van der Waals surface area contributed by atoms with Gasteiger partial charge >= 0.3 is 0 Å². The number of phenols is 1. The van der Waals surface area contributed by atoms with Gasteiger partial charge in [-0.3, -0.25) is 9.55 Å². The van der Waals surface area contributed by atoms with Gasteiger partial charge in [-0.25, -0.2) is 4.98 Å². The first kappa shape index (κ1) is 48.6. The molecule has 0 aliphatic heterocycles. The van der Waals surface area contributed by atoms with Crippen molar-refractivity contribution in [2.45, 2.75) is 138 Å². The van der Waals surface area contributed by atoms with Crippen LogP contribution >= 0.6 is 0 Å². The molecule has 2 heterocycles. The molecule has 0 atom stereocenters. The Kier molecular flexibility index (Phi) is 12.6. The van der Waals surface area contributed by atoms with Crippen molar-refractivity contribution in [3.8, 4) is 56.3 Å². The zero-order valence-electron chi connectivity index (χ0n) is 42.1. The van der Waals surface area contributed by atoms with Crippen molar-refractivity contribution in [2.24, 2.45) is 0 Å². The van der Waals surface area contributed by atoms with E-state index in [1.54, 1.807) is 0 Å². The van der Waals surface area contributed by atoms with E-state index in [-0.39, 0.29) is 53.9 Å². The predicted octanol–water partition coefficient (Wildman–Crippen LogP) is 16.5. The first-order chi connectivity index (χ1) is 30.2. The molecule has 1 N–H and O–H groups in total. The fourth-order valence-electron chi connectivity index (χ4n) is 8.93. The molecule has 5 heteroatoms. The average molecular weight is 1050 g/mol. The van der Waals surface area contributed by atoms with Crippen molar-refractivity contribution in [3.63, 3.8) is 0 Å². The van der Waals surface area contributed by atoms with E-state index in [1.165, 1.54) is 38.6 Å². The average Bonchev–Trinajstić information content (AvgIpc) is 3.60. The molecule has 0 saturated heterocycles. The Morgan fingerprint density at radius 2 is 1.17 bits per heavy atom. The standard InChI is InChI=1S/C61H68N3O.Pt/c1-37-26-27-62-51(28-37)40-19-17-18-38(29-40)49-35-45(60(11,12)13)36-52-55(49)63-56(64(52)46-33-43(58(5,6)7)32-44(34-46)59(8,9)10)48-23-20-41(31-53(48)65)54-47-24-22-42(57(2,3)4)30-39(47)21-25-50(54)61(14,15)16;/h17-28,30-36,65H,1-16H3;/q-1;. The van der Waals surface area contributed by atoms with Gasteiger partial charge in [-0.2, -0.15) is 0 Å². The van der Waals surface area contributed by atoms with Crippen LogP contribution in [0.2, 0.25) is 0 Å². The van der Waals surface area contributed by atoms with Gasteiger partial charge in [0.25, 0.3) is 0 Å². The summed E-state index contributed by atoms with van der Waals surface area (Å²) in [6.45, 7) is 36.1. The normalized spacial score (nSPS) is 12.8. The van der Waals surface area contributed by atoms with Crippen molar-refractivity contribution >= 4 is 21.8 Å². The summed E-state index contributed by atoms with van der Waals surface area (Å²) in [5.74, 6) is 0.865. The summed E-state index contributed by atoms with van der Waals surface area (Å²) in [6.07, 6.45) is 1.86. The van der Waals surface area contributed by atoms with Gasteiger partial charge in [0, 0.05) is 38.6 Å². The van der Waals surface area contributed by atoms with Gasteiger partial charge in [-0.05, 0) is 120 Å². The van der Waals surface area contributed by atoms with Crippen LogP contribution in [-0.2, 0) is 48.1 Å². The van der Waals surface area contributed by atoms with Crippen LogP contribution in [-0.4, -0.2) is 19.6 Å². The number of phenolic OH excluding ortho intramolecular Hbond substituents is 1. The summed E-state index contributed by atoms with van der Waals surface area (Å²) in [5, 5.41) is 14.9. The molecule has 8 rings (SSSR count). The number of aromatic hydroxyl groups is 1. The van der Waals surface area contributed by atoms with Gasteiger partial charge in [0.15, 0.2) is 0 Å². The van der Waals surface area contributed by atoms with Gasteiger partial charge in [-0.1, -0.05) is 175 Å². The number of hydrogen-bond donors (Lipinski definition) is 1. The largest absolute Gasteiger partial charge is 0.507 e. The molecule has 0 spiro atoms. The second-order valence-corrected chi connectivity index (χ2v) is 23.5. The van der Waals surface area contributed by atoms with Gasteiger partial charge < -0.3 is 5.11 Å². The number of aryl methyl sites for hydroxylation is 1. The van der Waals surface area contributed by atoms with Gasteiger partial charge in [0.05, 0.1) is 16.6 Å². The topological polar surface area (TPSA) is 50.9 Å². The van der Waals surface area contributed by atoms with Crippen molar-refractivity contribution in [2.75, 3.05) is 0 Å².